The molecule has 0 aromatic rings. The lowest BCUT2D eigenvalue weighted by atomic mass is 9.41. The zero-order chi connectivity index (χ0) is 56.7. The molecule has 4 aliphatic carbocycles. The molecule has 31 atom stereocenters. The number of esters is 1. The highest BCUT2D eigenvalue weighted by atomic mass is 16.8. The zero-order valence-electron chi connectivity index (χ0n) is 43.3. The minimum absolute atomic E-state index is 0.0857. The molecule has 0 aromatic heterocycles. The summed E-state index contributed by atoms with van der Waals surface area (Å²) in [5.41, 5.74) is -1.92. The molecule has 0 unspecified atom stereocenters. The van der Waals surface area contributed by atoms with Crippen LogP contribution in [0, 0.1) is 28.1 Å². The molecule has 9 rings (SSSR count). The summed E-state index contributed by atoms with van der Waals surface area (Å²) in [6.45, 7) is 4.21. The molecular formula is C50H80O28. The summed E-state index contributed by atoms with van der Waals surface area (Å²) in [4.78, 5) is 14.6. The molecule has 1 spiro atoms. The first-order chi connectivity index (χ1) is 36.9. The maximum atomic E-state index is 14.6. The largest absolute Gasteiger partial charge is 0.432 e. The van der Waals surface area contributed by atoms with Crippen molar-refractivity contribution in [1.29, 1.82) is 0 Å². The van der Waals surface area contributed by atoms with Crippen LogP contribution in [0.25, 0.3) is 0 Å². The molecule has 17 N–H and O–H groups in total. The molecule has 448 valence electrons. The fraction of sp³-hybridized carbons (Fsp3) is 0.940. The van der Waals surface area contributed by atoms with Gasteiger partial charge >= 0.3 is 5.97 Å². The molecule has 5 saturated heterocycles. The van der Waals surface area contributed by atoms with Gasteiger partial charge in [-0.05, 0) is 86.5 Å². The summed E-state index contributed by atoms with van der Waals surface area (Å²) in [6, 6.07) is 0. The number of rotatable bonds is 15. The van der Waals surface area contributed by atoms with E-state index in [-0.39, 0.29) is 17.3 Å². The Balaban J connectivity index is 0.818. The Morgan fingerprint density at radius 3 is 1.36 bits per heavy atom. The van der Waals surface area contributed by atoms with E-state index in [2.05, 4.69) is 13.5 Å². The van der Waals surface area contributed by atoms with Crippen LogP contribution in [-0.4, -0.2) is 285 Å². The SMILES string of the molecule is C=C1C[C@@]23CC[C@H]4[C@@](C)(CCC[C@@]4(C)C(=O)O[C@@H]4O[C@H](CO)[C@@H](O[C@H]5O[C@H](CO)[C@@H](O[C@H]6O[C@H](CO)[C@@H](O[C@H]7O[C@H](CO)[C@@H](O)[C@H](O)[C@H]7O)[C@H](O)[C@H]6O)[C@H](O)[C@H]5O)[C@H](O)[C@H]4O)[C@@H]2CC[C@]1(O[C@@H]1O[C@H](CO)[C@@H](O)[C@H](O)[C@H]1O)C3. The fourth-order valence-corrected chi connectivity index (χ4v) is 15.0. The van der Waals surface area contributed by atoms with Crippen molar-refractivity contribution in [2.75, 3.05) is 33.0 Å². The Hall–Kier alpha value is -1.83. The van der Waals surface area contributed by atoms with Crippen molar-refractivity contribution in [2.45, 2.75) is 231 Å². The van der Waals surface area contributed by atoms with E-state index in [1.807, 2.05) is 6.92 Å². The van der Waals surface area contributed by atoms with Crippen LogP contribution >= 0.6 is 0 Å². The first kappa shape index (κ1) is 60.8. The van der Waals surface area contributed by atoms with Gasteiger partial charge in [-0.15, -0.1) is 0 Å². The van der Waals surface area contributed by atoms with Crippen molar-refractivity contribution >= 4 is 5.97 Å². The third-order valence-corrected chi connectivity index (χ3v) is 19.2. The Bertz CT molecular complexity index is 2070. The summed E-state index contributed by atoms with van der Waals surface area (Å²) in [5.74, 6) is -0.845. The van der Waals surface area contributed by atoms with Crippen LogP contribution in [0.5, 0.6) is 0 Å². The third kappa shape index (κ3) is 10.3. The van der Waals surface area contributed by atoms with Gasteiger partial charge in [-0.25, -0.2) is 0 Å². The summed E-state index contributed by atoms with van der Waals surface area (Å²) in [5, 5.41) is 181. The van der Waals surface area contributed by atoms with E-state index in [9.17, 15) is 91.6 Å². The van der Waals surface area contributed by atoms with Crippen molar-refractivity contribution in [3.8, 4) is 0 Å². The van der Waals surface area contributed by atoms with E-state index in [4.69, 9.17) is 47.4 Å². The van der Waals surface area contributed by atoms with Crippen molar-refractivity contribution in [1.82, 2.24) is 0 Å². The highest BCUT2D eigenvalue weighted by Crippen LogP contribution is 2.74. The lowest BCUT2D eigenvalue weighted by Crippen LogP contribution is -2.67. The predicted molar refractivity (Wildman–Crippen MR) is 252 cm³/mol. The second-order valence-corrected chi connectivity index (χ2v) is 23.6. The normalized spacial score (nSPS) is 54.5. The summed E-state index contributed by atoms with van der Waals surface area (Å²) in [6.07, 6.45) is -38.5. The standard InChI is InChI=1S/C50H80O28/c1-18-11-49-9-5-24-47(2,25(49)6-10-50(18,17-49)78-45-34(64)29(59)27(57)20(13-52)70-45)7-4-8-48(24,3)46(68)77-44-37(67)32(62)40(23(16-55)73-44)76-43-36(66)31(61)39(22(15-54)72-43)75-42-35(65)30(60)38(21(14-53)71-42)74-41-33(63)28(58)26(56)19(12-51)69-41/h19-45,51-67H,1,4-17H2,2-3H3/t19-,20-,21-,22-,23-,24+,25+,26-,27-,28+,29+,30-,31-,32-,33-,34-,35-,36-,37-,38-,39-,40-,41-,42-,43-,44+,45+,47-,48-,49-,50+/m1/s1. The Kier molecular flexibility index (Phi) is 18.2. The van der Waals surface area contributed by atoms with Gasteiger partial charge in [-0.1, -0.05) is 19.9 Å². The van der Waals surface area contributed by atoms with Gasteiger partial charge in [0.05, 0.1) is 44.1 Å². The number of hydrogen-bond donors (Lipinski definition) is 17. The van der Waals surface area contributed by atoms with Gasteiger partial charge in [0.2, 0.25) is 6.29 Å². The number of ether oxygens (including phenoxy) is 10. The number of aliphatic hydroxyl groups excluding tert-OH is 17. The molecule has 0 amide bonds. The number of carbonyl (C=O) groups is 1. The van der Waals surface area contributed by atoms with Crippen LogP contribution in [-0.2, 0) is 52.2 Å². The van der Waals surface area contributed by atoms with E-state index < -0.39 is 209 Å². The second-order valence-electron chi connectivity index (χ2n) is 23.6. The quantitative estimate of drug-likeness (QED) is 0.0411. The maximum Gasteiger partial charge on any atom is 0.314 e. The lowest BCUT2D eigenvalue weighted by molar-refractivity contribution is -0.387. The molecule has 0 radical (unpaired) electrons. The molecular weight excluding hydrogens is 1050 g/mol. The van der Waals surface area contributed by atoms with Gasteiger partial charge in [-0.2, -0.15) is 0 Å². The minimum atomic E-state index is -2.10. The minimum Gasteiger partial charge on any atom is -0.432 e. The Morgan fingerprint density at radius 2 is 0.885 bits per heavy atom. The number of fused-ring (bicyclic) bond motifs is 3. The van der Waals surface area contributed by atoms with Crippen molar-refractivity contribution in [3.63, 3.8) is 0 Å². The zero-order valence-corrected chi connectivity index (χ0v) is 43.3. The summed E-state index contributed by atoms with van der Waals surface area (Å²) < 4.78 is 58.0. The van der Waals surface area contributed by atoms with Crippen LogP contribution in [0.1, 0.15) is 71.6 Å². The van der Waals surface area contributed by atoms with Gasteiger partial charge in [0, 0.05) is 0 Å². The summed E-state index contributed by atoms with van der Waals surface area (Å²) >= 11 is 0. The first-order valence-electron chi connectivity index (χ1n) is 26.9. The molecule has 5 heterocycles. The monoisotopic (exact) mass is 1130 g/mol. The number of carbonyl (C=O) groups excluding carboxylic acids is 1. The van der Waals surface area contributed by atoms with E-state index in [1.165, 1.54) is 0 Å². The average molecular weight is 1130 g/mol. The van der Waals surface area contributed by atoms with E-state index in [1.54, 1.807) is 0 Å². The van der Waals surface area contributed by atoms with Gasteiger partial charge in [-0.3, -0.25) is 4.79 Å². The van der Waals surface area contributed by atoms with E-state index >= 15 is 0 Å². The second kappa shape index (κ2) is 23.3. The van der Waals surface area contributed by atoms with Crippen LogP contribution in [0.15, 0.2) is 12.2 Å². The molecule has 0 aromatic carbocycles. The van der Waals surface area contributed by atoms with E-state index in [0.29, 0.717) is 51.4 Å². The molecule has 5 aliphatic heterocycles. The average Bonchev–Trinajstić information content (AvgIpc) is 3.42. The molecule has 9 fully saturated rings. The molecule has 9 aliphatic rings. The molecule has 4 saturated carbocycles. The first-order valence-corrected chi connectivity index (χ1v) is 26.9. The third-order valence-electron chi connectivity index (χ3n) is 19.2. The lowest BCUT2D eigenvalue weighted by Gasteiger charge is -2.64. The Morgan fingerprint density at radius 1 is 0.487 bits per heavy atom. The fourth-order valence-electron chi connectivity index (χ4n) is 15.0. The molecule has 2 bridgehead atoms. The van der Waals surface area contributed by atoms with Crippen molar-refractivity contribution in [3.05, 3.63) is 12.2 Å². The molecule has 28 heteroatoms. The predicted octanol–water partition coefficient (Wildman–Crippen LogP) is -7.29. The molecule has 78 heavy (non-hydrogen) atoms. The van der Waals surface area contributed by atoms with Crippen LogP contribution < -0.4 is 0 Å². The van der Waals surface area contributed by atoms with Crippen LogP contribution in [0.3, 0.4) is 0 Å². The van der Waals surface area contributed by atoms with E-state index in [0.717, 1.165) is 12.0 Å². The number of hydrogen-bond acceptors (Lipinski definition) is 28. The van der Waals surface area contributed by atoms with Gasteiger partial charge in [0.1, 0.15) is 122 Å². The van der Waals surface area contributed by atoms with Crippen molar-refractivity contribution < 1.29 is 139 Å². The highest BCUT2D eigenvalue weighted by molar-refractivity contribution is 5.77. The van der Waals surface area contributed by atoms with Crippen LogP contribution in [0.4, 0.5) is 0 Å². The topological polar surface area (TPSA) is 453 Å². The van der Waals surface area contributed by atoms with Crippen LogP contribution in [0.2, 0.25) is 0 Å². The highest BCUT2D eigenvalue weighted by Gasteiger charge is 2.69. The molecule has 28 nitrogen and oxygen atoms in total. The van der Waals surface area contributed by atoms with Gasteiger partial charge < -0.3 is 134 Å². The smallest absolute Gasteiger partial charge is 0.314 e. The Labute approximate surface area is 448 Å². The van der Waals surface area contributed by atoms with Gasteiger partial charge in [0.15, 0.2) is 25.2 Å². The van der Waals surface area contributed by atoms with Gasteiger partial charge in [0.25, 0.3) is 0 Å². The van der Waals surface area contributed by atoms with Crippen molar-refractivity contribution in [2.24, 2.45) is 28.1 Å². The maximum absolute atomic E-state index is 14.6. The number of aliphatic hydroxyl groups is 17. The summed E-state index contributed by atoms with van der Waals surface area (Å²) in [7, 11) is 0.